The number of ether oxygens (including phenoxy) is 1. The summed E-state index contributed by atoms with van der Waals surface area (Å²) in [5.41, 5.74) is 3.26. The zero-order valence-corrected chi connectivity index (χ0v) is 19.0. The molecule has 6 rings (SSSR count). The first-order valence-corrected chi connectivity index (χ1v) is 11.9. The second-order valence-electron chi connectivity index (χ2n) is 9.15. The topological polar surface area (TPSA) is 78.5 Å². The summed E-state index contributed by atoms with van der Waals surface area (Å²) in [5, 5.41) is 6.42. The largest absolute Gasteiger partial charge is 0.493 e. The highest BCUT2D eigenvalue weighted by Gasteiger charge is 2.39. The second kappa shape index (κ2) is 8.48. The van der Waals surface area contributed by atoms with E-state index in [4.69, 9.17) is 4.74 Å². The number of anilines is 2. The number of fused-ring (bicyclic) bond motifs is 2. The molecule has 0 radical (unpaired) electrons. The first kappa shape index (κ1) is 21.8. The molecule has 1 N–H and O–H groups in total. The minimum absolute atomic E-state index is 0.0172. The fraction of sp³-hybridized carbons (Fsp3) is 0.346. The van der Waals surface area contributed by atoms with E-state index in [2.05, 4.69) is 10.2 Å². The van der Waals surface area contributed by atoms with E-state index in [1.807, 2.05) is 30.3 Å². The molecule has 3 aromatic rings. The highest BCUT2D eigenvalue weighted by Crippen LogP contribution is 2.41. The highest BCUT2D eigenvalue weighted by molar-refractivity contribution is 6.07. The van der Waals surface area contributed by atoms with Gasteiger partial charge in [0.2, 0.25) is 5.91 Å². The minimum atomic E-state index is -2.77. The first-order valence-electron chi connectivity index (χ1n) is 11.9. The van der Waals surface area contributed by atoms with Crippen molar-refractivity contribution in [2.75, 3.05) is 29.5 Å². The lowest BCUT2D eigenvalue weighted by Crippen LogP contribution is -2.40. The lowest BCUT2D eigenvalue weighted by atomic mass is 9.85. The lowest BCUT2D eigenvalue weighted by Gasteiger charge is -2.33. The fourth-order valence-electron chi connectivity index (χ4n) is 5.34. The first-order chi connectivity index (χ1) is 17.0. The number of H-pyrrole nitrogens is 1. The maximum atomic E-state index is 13.8. The van der Waals surface area contributed by atoms with Crippen molar-refractivity contribution < 1.29 is 23.1 Å². The van der Waals surface area contributed by atoms with Crippen LogP contribution in [0.5, 0.6) is 5.75 Å². The number of carbonyl (C=O) groups is 2. The molecule has 2 amide bonds. The Bertz CT molecular complexity index is 1300. The van der Waals surface area contributed by atoms with Gasteiger partial charge in [-0.05, 0) is 54.3 Å². The van der Waals surface area contributed by atoms with Gasteiger partial charge in [0, 0.05) is 48.8 Å². The third kappa shape index (κ3) is 3.66. The van der Waals surface area contributed by atoms with E-state index in [1.165, 1.54) is 0 Å². The van der Waals surface area contributed by atoms with Gasteiger partial charge in [-0.15, -0.1) is 0 Å². The molecule has 4 heterocycles. The molecule has 0 bridgehead atoms. The lowest BCUT2D eigenvalue weighted by molar-refractivity contribution is -0.119. The normalized spacial score (nSPS) is 19.7. The van der Waals surface area contributed by atoms with E-state index >= 15 is 0 Å². The van der Waals surface area contributed by atoms with Gasteiger partial charge in [-0.3, -0.25) is 14.7 Å². The van der Waals surface area contributed by atoms with Crippen LogP contribution in [0.15, 0.2) is 42.5 Å². The van der Waals surface area contributed by atoms with Crippen LogP contribution in [0.25, 0.3) is 0 Å². The smallest absolute Gasteiger partial charge is 0.280 e. The zero-order chi connectivity index (χ0) is 24.1. The second-order valence-corrected chi connectivity index (χ2v) is 9.15. The van der Waals surface area contributed by atoms with Gasteiger partial charge in [-0.25, -0.2) is 8.78 Å². The fourth-order valence-corrected chi connectivity index (χ4v) is 5.34. The standard InChI is InChI=1S/C26H24F2N4O3/c27-25(28)23-22-19(15-4-9-20-16(13-15)10-12-35-20)14-32(26(34)24(22)30-29-23)18-7-5-17(6-8-18)31-11-2-1-3-21(31)33/h4-9,13,19,25H,1-3,10-12,14H2,(H,29,30). The molecule has 180 valence electrons. The summed E-state index contributed by atoms with van der Waals surface area (Å²) in [4.78, 5) is 29.0. The molecule has 1 unspecified atom stereocenters. The number of aromatic nitrogens is 2. The van der Waals surface area contributed by atoms with Gasteiger partial charge in [-0.2, -0.15) is 5.10 Å². The van der Waals surface area contributed by atoms with Crippen LogP contribution in [-0.4, -0.2) is 41.7 Å². The van der Waals surface area contributed by atoms with Crippen LogP contribution in [0.2, 0.25) is 0 Å². The van der Waals surface area contributed by atoms with Crippen molar-refractivity contribution in [3.8, 4) is 5.75 Å². The number of rotatable bonds is 4. The molecule has 2 aromatic carbocycles. The molecule has 1 atom stereocenters. The van der Waals surface area contributed by atoms with Crippen molar-refractivity contribution in [1.82, 2.24) is 10.2 Å². The Balaban J connectivity index is 1.38. The number of nitrogens with one attached hydrogen (secondary N) is 1. The maximum absolute atomic E-state index is 13.8. The Morgan fingerprint density at radius 3 is 2.51 bits per heavy atom. The van der Waals surface area contributed by atoms with Crippen molar-refractivity contribution in [1.29, 1.82) is 0 Å². The van der Waals surface area contributed by atoms with E-state index in [0.717, 1.165) is 41.8 Å². The summed E-state index contributed by atoms with van der Waals surface area (Å²) in [6.07, 6.45) is 0.384. The number of hydrogen-bond donors (Lipinski definition) is 1. The van der Waals surface area contributed by atoms with Crippen molar-refractivity contribution in [2.24, 2.45) is 0 Å². The number of alkyl halides is 2. The molecule has 3 aliphatic rings. The number of piperidine rings is 1. The maximum Gasteiger partial charge on any atom is 0.280 e. The summed E-state index contributed by atoms with van der Waals surface area (Å²) in [6.45, 7) is 1.48. The van der Waals surface area contributed by atoms with E-state index in [0.29, 0.717) is 25.3 Å². The monoisotopic (exact) mass is 478 g/mol. The number of hydrogen-bond acceptors (Lipinski definition) is 4. The van der Waals surface area contributed by atoms with Gasteiger partial charge in [0.1, 0.15) is 11.4 Å². The number of aromatic amines is 1. The Labute approximate surface area is 200 Å². The Morgan fingerprint density at radius 1 is 1.00 bits per heavy atom. The van der Waals surface area contributed by atoms with Gasteiger partial charge in [-0.1, -0.05) is 12.1 Å². The number of benzene rings is 2. The Kier molecular flexibility index (Phi) is 5.27. The molecule has 35 heavy (non-hydrogen) atoms. The van der Waals surface area contributed by atoms with Gasteiger partial charge in [0.25, 0.3) is 12.3 Å². The van der Waals surface area contributed by atoms with Crippen LogP contribution >= 0.6 is 0 Å². The van der Waals surface area contributed by atoms with Gasteiger partial charge < -0.3 is 14.5 Å². The Morgan fingerprint density at radius 2 is 1.77 bits per heavy atom. The van der Waals surface area contributed by atoms with Crippen LogP contribution in [0.4, 0.5) is 20.2 Å². The van der Waals surface area contributed by atoms with E-state index in [9.17, 15) is 18.4 Å². The summed E-state index contributed by atoms with van der Waals surface area (Å²) >= 11 is 0. The minimum Gasteiger partial charge on any atom is -0.493 e. The third-order valence-corrected chi connectivity index (χ3v) is 7.13. The molecular formula is C26H24F2N4O3. The number of carbonyl (C=O) groups excluding carboxylic acids is 2. The van der Waals surface area contributed by atoms with Crippen LogP contribution in [0.1, 0.15) is 64.5 Å². The van der Waals surface area contributed by atoms with Crippen molar-refractivity contribution in [3.05, 3.63) is 70.5 Å². The summed E-state index contributed by atoms with van der Waals surface area (Å²) in [5.74, 6) is 0.00614. The average Bonchev–Trinajstić information content (AvgIpc) is 3.52. The molecule has 3 aliphatic heterocycles. The number of amides is 2. The van der Waals surface area contributed by atoms with Gasteiger partial charge >= 0.3 is 0 Å². The predicted molar refractivity (Wildman–Crippen MR) is 125 cm³/mol. The van der Waals surface area contributed by atoms with Crippen molar-refractivity contribution in [2.45, 2.75) is 38.0 Å². The molecule has 9 heteroatoms. The molecule has 7 nitrogen and oxygen atoms in total. The molecule has 0 aliphatic carbocycles. The summed E-state index contributed by atoms with van der Waals surface area (Å²) < 4.78 is 33.3. The van der Waals surface area contributed by atoms with E-state index in [-0.39, 0.29) is 29.4 Å². The quantitative estimate of drug-likeness (QED) is 0.595. The molecular weight excluding hydrogens is 454 g/mol. The third-order valence-electron chi connectivity index (χ3n) is 7.13. The summed E-state index contributed by atoms with van der Waals surface area (Å²) in [7, 11) is 0. The van der Waals surface area contributed by atoms with Crippen LogP contribution in [0.3, 0.4) is 0 Å². The summed E-state index contributed by atoms with van der Waals surface area (Å²) in [6, 6.07) is 13.0. The van der Waals surface area contributed by atoms with Gasteiger partial charge in [0.05, 0.1) is 6.61 Å². The number of halogens is 2. The Hall–Kier alpha value is -3.75. The number of nitrogens with zero attached hydrogens (tertiary/aromatic N) is 3. The average molecular weight is 478 g/mol. The van der Waals surface area contributed by atoms with Crippen LogP contribution < -0.4 is 14.5 Å². The molecule has 1 saturated heterocycles. The molecule has 0 spiro atoms. The van der Waals surface area contributed by atoms with Crippen molar-refractivity contribution in [3.63, 3.8) is 0 Å². The predicted octanol–water partition coefficient (Wildman–Crippen LogP) is 4.59. The molecule has 0 saturated carbocycles. The van der Waals surface area contributed by atoms with Crippen LogP contribution in [-0.2, 0) is 11.2 Å². The molecule has 1 aromatic heterocycles. The van der Waals surface area contributed by atoms with Gasteiger partial charge in [0.15, 0.2) is 5.69 Å². The zero-order valence-electron chi connectivity index (χ0n) is 19.0. The van der Waals surface area contributed by atoms with Crippen molar-refractivity contribution >= 4 is 23.2 Å². The molecule has 1 fully saturated rings. The SMILES string of the molecule is O=C1CCCCN1c1ccc(N2CC(c3ccc4c(c3)CCO4)c3c(n[nH]c3C(F)F)C2=O)cc1. The van der Waals surface area contributed by atoms with E-state index < -0.39 is 18.3 Å². The van der Waals surface area contributed by atoms with E-state index in [1.54, 1.807) is 21.9 Å². The highest BCUT2D eigenvalue weighted by atomic mass is 19.3. The van der Waals surface area contributed by atoms with Crippen LogP contribution in [0, 0.1) is 0 Å².